The molecule has 2 N–H and O–H groups in total. The van der Waals surface area contributed by atoms with Crippen molar-refractivity contribution in [2.24, 2.45) is 7.05 Å². The number of amides is 1. The topological polar surface area (TPSA) is 96.3 Å². The summed E-state index contributed by atoms with van der Waals surface area (Å²) in [6, 6.07) is 3.23. The Morgan fingerprint density at radius 2 is 2.00 bits per heavy atom. The van der Waals surface area contributed by atoms with Crippen LogP contribution >= 0.6 is 23.2 Å². The van der Waals surface area contributed by atoms with Gasteiger partial charge in [-0.1, -0.05) is 23.2 Å². The highest BCUT2D eigenvalue weighted by Crippen LogP contribution is 2.30. The fraction of sp³-hybridized carbons (Fsp3) is 0.375. The van der Waals surface area contributed by atoms with Crippen molar-refractivity contribution >= 4 is 45.0 Å². The molecular weight excluding hydrogens is 413 g/mol. The summed E-state index contributed by atoms with van der Waals surface area (Å²) in [6.45, 7) is 1.80. The summed E-state index contributed by atoms with van der Waals surface area (Å²) in [7, 11) is -0.702. The van der Waals surface area contributed by atoms with Gasteiger partial charge in [-0.25, -0.2) is 0 Å². The first-order valence-corrected chi connectivity index (χ1v) is 10.3. The molecule has 1 amide bonds. The Labute approximate surface area is 167 Å². The Morgan fingerprint density at radius 3 is 2.59 bits per heavy atom. The lowest BCUT2D eigenvalue weighted by molar-refractivity contribution is -0.120. The zero-order valence-electron chi connectivity index (χ0n) is 14.9. The summed E-state index contributed by atoms with van der Waals surface area (Å²) in [6.07, 6.45) is 2.01. The number of aromatic nitrogens is 2. The Bertz CT molecular complexity index is 992. The van der Waals surface area contributed by atoms with Gasteiger partial charge >= 0.3 is 0 Å². The third kappa shape index (κ3) is 4.12. The van der Waals surface area contributed by atoms with Gasteiger partial charge in [0.1, 0.15) is 6.04 Å². The Balaban J connectivity index is 1.86. The van der Waals surface area contributed by atoms with Gasteiger partial charge in [0.2, 0.25) is 5.91 Å². The van der Waals surface area contributed by atoms with Crippen LogP contribution < -0.4 is 10.0 Å². The molecule has 2 atom stereocenters. The van der Waals surface area contributed by atoms with Gasteiger partial charge in [-0.2, -0.15) is 22.5 Å². The minimum absolute atomic E-state index is 0.259. The van der Waals surface area contributed by atoms with E-state index in [1.165, 1.54) is 13.1 Å². The number of halogens is 2. The predicted molar refractivity (Wildman–Crippen MR) is 104 cm³/mol. The van der Waals surface area contributed by atoms with E-state index in [0.29, 0.717) is 21.4 Å². The second-order valence-corrected chi connectivity index (χ2v) is 8.98. The molecule has 0 unspecified atom stereocenters. The molecular formula is C16H19Cl2N5O3S. The second-order valence-electron chi connectivity index (χ2n) is 6.40. The summed E-state index contributed by atoms with van der Waals surface area (Å²) in [5, 5.41) is 7.61. The Kier molecular flexibility index (Phi) is 5.51. The van der Waals surface area contributed by atoms with Crippen molar-refractivity contribution in [3.63, 3.8) is 0 Å². The van der Waals surface area contributed by atoms with E-state index in [2.05, 4.69) is 15.1 Å². The fourth-order valence-electron chi connectivity index (χ4n) is 3.07. The number of likely N-dealkylation sites (N-methyl/N-ethyl adjacent to an activating group) is 1. The number of hydrogen-bond donors (Lipinski definition) is 2. The lowest BCUT2D eigenvalue weighted by Crippen LogP contribution is -2.56. The normalized spacial score (nSPS) is 22.6. The molecule has 0 aliphatic carbocycles. The Hall–Kier alpha value is -1.65. The lowest BCUT2D eigenvalue weighted by Gasteiger charge is -2.36. The zero-order chi connectivity index (χ0) is 19.9. The minimum Gasteiger partial charge on any atom is -0.325 e. The second kappa shape index (κ2) is 7.40. The molecule has 0 saturated carbocycles. The van der Waals surface area contributed by atoms with E-state index in [4.69, 9.17) is 23.2 Å². The SMILES string of the molecule is Cc1nn(C)cc1[C@H]1C[C@H](C(=O)Nc2ccc(Cl)c(Cl)c2)N(C)S(=O)(=O)N1. The van der Waals surface area contributed by atoms with Crippen LogP contribution in [0.25, 0.3) is 0 Å². The van der Waals surface area contributed by atoms with Crippen molar-refractivity contribution in [3.8, 4) is 0 Å². The number of carbonyl (C=O) groups is 1. The molecule has 2 heterocycles. The van der Waals surface area contributed by atoms with Crippen LogP contribution in [0.1, 0.15) is 23.7 Å². The van der Waals surface area contributed by atoms with Gasteiger partial charge in [-0.15, -0.1) is 0 Å². The van der Waals surface area contributed by atoms with Crippen LogP contribution in [-0.2, 0) is 22.1 Å². The summed E-state index contributed by atoms with van der Waals surface area (Å²) < 4.78 is 30.3. The van der Waals surface area contributed by atoms with Crippen LogP contribution in [0.5, 0.6) is 0 Å². The Morgan fingerprint density at radius 1 is 1.30 bits per heavy atom. The fourth-order valence-corrected chi connectivity index (χ4v) is 4.64. The van der Waals surface area contributed by atoms with Crippen molar-refractivity contribution in [1.29, 1.82) is 0 Å². The zero-order valence-corrected chi connectivity index (χ0v) is 17.2. The van der Waals surface area contributed by atoms with Gasteiger partial charge in [0.25, 0.3) is 10.2 Å². The smallest absolute Gasteiger partial charge is 0.280 e. The van der Waals surface area contributed by atoms with Gasteiger partial charge < -0.3 is 5.32 Å². The van der Waals surface area contributed by atoms with E-state index in [-0.39, 0.29) is 6.42 Å². The van der Waals surface area contributed by atoms with Crippen molar-refractivity contribution in [3.05, 3.63) is 45.7 Å². The highest BCUT2D eigenvalue weighted by atomic mass is 35.5. The number of hydrogen-bond acceptors (Lipinski definition) is 4. The molecule has 0 bridgehead atoms. The molecule has 146 valence electrons. The molecule has 8 nitrogen and oxygen atoms in total. The molecule has 11 heteroatoms. The van der Waals surface area contributed by atoms with Gasteiger partial charge in [0, 0.05) is 31.5 Å². The van der Waals surface area contributed by atoms with Gasteiger partial charge in [0.15, 0.2) is 0 Å². The van der Waals surface area contributed by atoms with Crippen LogP contribution in [0.15, 0.2) is 24.4 Å². The number of aryl methyl sites for hydroxylation is 2. The van der Waals surface area contributed by atoms with E-state index >= 15 is 0 Å². The van der Waals surface area contributed by atoms with Gasteiger partial charge in [0.05, 0.1) is 21.8 Å². The van der Waals surface area contributed by atoms with Crippen molar-refractivity contribution in [2.75, 3.05) is 12.4 Å². The van der Waals surface area contributed by atoms with Crippen LogP contribution in [0, 0.1) is 6.92 Å². The quantitative estimate of drug-likeness (QED) is 0.778. The predicted octanol–water partition coefficient (Wildman–Crippen LogP) is 2.25. The molecule has 3 rings (SSSR count). The molecule has 0 spiro atoms. The molecule has 1 aromatic carbocycles. The molecule has 1 fully saturated rings. The molecule has 1 aromatic heterocycles. The van der Waals surface area contributed by atoms with E-state index in [0.717, 1.165) is 9.87 Å². The van der Waals surface area contributed by atoms with Crippen molar-refractivity contribution in [1.82, 2.24) is 18.8 Å². The molecule has 0 radical (unpaired) electrons. The van der Waals surface area contributed by atoms with Crippen molar-refractivity contribution in [2.45, 2.75) is 25.4 Å². The highest BCUT2D eigenvalue weighted by Gasteiger charge is 2.41. The van der Waals surface area contributed by atoms with Crippen LogP contribution in [0.4, 0.5) is 5.69 Å². The third-order valence-corrected chi connectivity index (χ3v) is 6.82. The molecule has 1 saturated heterocycles. The van der Waals surface area contributed by atoms with E-state index in [1.54, 1.807) is 37.0 Å². The first-order valence-electron chi connectivity index (χ1n) is 8.10. The molecule has 1 aliphatic rings. The standard InChI is InChI=1S/C16H19Cl2N5O3S/c1-9-11(8-22(2)20-9)14-7-15(23(3)27(25,26)21-14)16(24)19-10-4-5-12(17)13(18)6-10/h4-6,8,14-15,21H,7H2,1-3H3,(H,19,24)/t14-,15-/m1/s1. The van der Waals surface area contributed by atoms with Crippen LogP contribution in [0.3, 0.4) is 0 Å². The van der Waals surface area contributed by atoms with Gasteiger partial charge in [-0.3, -0.25) is 9.48 Å². The summed E-state index contributed by atoms with van der Waals surface area (Å²) in [4.78, 5) is 12.8. The highest BCUT2D eigenvalue weighted by molar-refractivity contribution is 7.87. The first-order chi connectivity index (χ1) is 12.6. The number of anilines is 1. The number of rotatable bonds is 3. The number of nitrogens with one attached hydrogen (secondary N) is 2. The maximum Gasteiger partial charge on any atom is 0.280 e. The number of benzene rings is 1. The minimum atomic E-state index is -3.83. The molecule has 1 aliphatic heterocycles. The average Bonchev–Trinajstić information content (AvgIpc) is 2.91. The van der Waals surface area contributed by atoms with Crippen molar-refractivity contribution < 1.29 is 13.2 Å². The summed E-state index contributed by atoms with van der Waals surface area (Å²) in [5.74, 6) is -0.451. The third-order valence-electron chi connectivity index (χ3n) is 4.48. The van der Waals surface area contributed by atoms with E-state index < -0.39 is 28.2 Å². The summed E-state index contributed by atoms with van der Waals surface area (Å²) >= 11 is 11.9. The largest absolute Gasteiger partial charge is 0.325 e. The monoisotopic (exact) mass is 431 g/mol. The summed E-state index contributed by atoms with van der Waals surface area (Å²) in [5.41, 5.74) is 1.88. The molecule has 27 heavy (non-hydrogen) atoms. The van der Waals surface area contributed by atoms with E-state index in [1.807, 2.05) is 0 Å². The maximum atomic E-state index is 12.8. The maximum absolute atomic E-state index is 12.8. The van der Waals surface area contributed by atoms with Gasteiger partial charge in [-0.05, 0) is 31.5 Å². The molecule has 2 aromatic rings. The van der Waals surface area contributed by atoms with E-state index in [9.17, 15) is 13.2 Å². The number of nitrogens with zero attached hydrogens (tertiary/aromatic N) is 3. The van der Waals surface area contributed by atoms with Crippen LogP contribution in [0.2, 0.25) is 10.0 Å². The average molecular weight is 432 g/mol. The first kappa shape index (κ1) is 20.1. The lowest BCUT2D eigenvalue weighted by atomic mass is 10.00. The van der Waals surface area contributed by atoms with Crippen LogP contribution in [-0.4, -0.2) is 41.5 Å². The number of carbonyl (C=O) groups excluding carboxylic acids is 1.